The van der Waals surface area contributed by atoms with Crippen molar-refractivity contribution in [2.45, 2.75) is 25.5 Å². The molecule has 1 atom stereocenters. The number of carbonyl (C=O) groups excluding carboxylic acids is 1. The molecule has 0 bridgehead atoms. The molecule has 4 heteroatoms. The van der Waals surface area contributed by atoms with Gasteiger partial charge >= 0.3 is 0 Å². The summed E-state index contributed by atoms with van der Waals surface area (Å²) in [6.07, 6.45) is 1.15. The summed E-state index contributed by atoms with van der Waals surface area (Å²) >= 11 is 0. The van der Waals surface area contributed by atoms with E-state index < -0.39 is 6.10 Å². The highest BCUT2D eigenvalue weighted by Gasteiger charge is 2.30. The largest absolute Gasteiger partial charge is 0.508 e. The molecule has 0 radical (unpaired) electrons. The minimum Gasteiger partial charge on any atom is -0.508 e. The predicted octanol–water partition coefficient (Wildman–Crippen LogP) is 2.86. The molecule has 23 heavy (non-hydrogen) atoms. The Morgan fingerprint density at radius 2 is 1.74 bits per heavy atom. The fraction of sp³-hybridized carbons (Fsp3) is 0.316. The van der Waals surface area contributed by atoms with E-state index in [4.69, 9.17) is 0 Å². The van der Waals surface area contributed by atoms with Crippen LogP contribution in [0.2, 0.25) is 0 Å². The van der Waals surface area contributed by atoms with E-state index in [0.717, 1.165) is 18.4 Å². The molecule has 0 spiro atoms. The molecule has 120 valence electrons. The van der Waals surface area contributed by atoms with Crippen LogP contribution in [0, 0.1) is 5.92 Å². The van der Waals surface area contributed by atoms with E-state index in [9.17, 15) is 15.0 Å². The van der Waals surface area contributed by atoms with E-state index in [1.807, 2.05) is 18.2 Å². The van der Waals surface area contributed by atoms with Gasteiger partial charge in [0.1, 0.15) is 5.75 Å². The summed E-state index contributed by atoms with van der Waals surface area (Å²) in [6, 6.07) is 15.9. The van der Waals surface area contributed by atoms with Crippen LogP contribution in [-0.2, 0) is 11.3 Å². The van der Waals surface area contributed by atoms with Crippen LogP contribution in [0.25, 0.3) is 0 Å². The minimum atomic E-state index is -1.13. The Bertz CT molecular complexity index is 650. The van der Waals surface area contributed by atoms with Crippen molar-refractivity contribution >= 4 is 5.91 Å². The molecule has 1 amide bonds. The van der Waals surface area contributed by atoms with Gasteiger partial charge in [-0.2, -0.15) is 0 Å². The zero-order valence-electron chi connectivity index (χ0n) is 12.9. The third kappa shape index (κ3) is 4.11. The van der Waals surface area contributed by atoms with Gasteiger partial charge in [0.2, 0.25) is 0 Å². The first-order valence-corrected chi connectivity index (χ1v) is 7.93. The van der Waals surface area contributed by atoms with Gasteiger partial charge in [0, 0.05) is 13.1 Å². The summed E-state index contributed by atoms with van der Waals surface area (Å²) in [5.74, 6) is 0.480. The van der Waals surface area contributed by atoms with Crippen molar-refractivity contribution in [3.63, 3.8) is 0 Å². The van der Waals surface area contributed by atoms with Gasteiger partial charge in [-0.1, -0.05) is 42.5 Å². The monoisotopic (exact) mass is 311 g/mol. The van der Waals surface area contributed by atoms with Crippen molar-refractivity contribution in [2.24, 2.45) is 5.92 Å². The Hall–Kier alpha value is -2.33. The number of aromatic hydroxyl groups is 1. The van der Waals surface area contributed by atoms with Crippen LogP contribution < -0.4 is 0 Å². The number of benzene rings is 2. The van der Waals surface area contributed by atoms with Crippen LogP contribution in [0.4, 0.5) is 0 Å². The number of amides is 1. The average Bonchev–Trinajstić information content (AvgIpc) is 3.40. The summed E-state index contributed by atoms with van der Waals surface area (Å²) < 4.78 is 0. The third-order valence-corrected chi connectivity index (χ3v) is 4.15. The number of phenolic OH excluding ortho intramolecular Hbond substituents is 1. The maximum absolute atomic E-state index is 12.7. The fourth-order valence-corrected chi connectivity index (χ4v) is 2.62. The molecule has 1 saturated carbocycles. The highest BCUT2D eigenvalue weighted by atomic mass is 16.3. The van der Waals surface area contributed by atoms with Crippen molar-refractivity contribution in [1.82, 2.24) is 4.90 Å². The number of aliphatic hydroxyl groups is 1. The summed E-state index contributed by atoms with van der Waals surface area (Å²) in [4.78, 5) is 14.4. The van der Waals surface area contributed by atoms with Crippen molar-refractivity contribution < 1.29 is 15.0 Å². The van der Waals surface area contributed by atoms with Crippen LogP contribution in [0.3, 0.4) is 0 Å². The molecule has 4 nitrogen and oxygen atoms in total. The normalized spacial score (nSPS) is 15.2. The lowest BCUT2D eigenvalue weighted by molar-refractivity contribution is -0.141. The first-order valence-electron chi connectivity index (χ1n) is 7.93. The highest BCUT2D eigenvalue weighted by Crippen LogP contribution is 2.31. The van der Waals surface area contributed by atoms with Crippen molar-refractivity contribution in [3.8, 4) is 5.75 Å². The SMILES string of the molecule is O=C(C(O)c1ccccc1)N(Cc1ccc(O)cc1)CC1CC1. The first-order chi connectivity index (χ1) is 11.1. The molecule has 2 aromatic rings. The number of aliphatic hydroxyl groups excluding tert-OH is 1. The molecule has 3 rings (SSSR count). The van der Waals surface area contributed by atoms with Crippen molar-refractivity contribution in [1.29, 1.82) is 0 Å². The van der Waals surface area contributed by atoms with Crippen molar-refractivity contribution in [3.05, 3.63) is 65.7 Å². The Kier molecular flexibility index (Phi) is 4.63. The van der Waals surface area contributed by atoms with Gasteiger partial charge in [0.15, 0.2) is 6.10 Å². The third-order valence-electron chi connectivity index (χ3n) is 4.15. The van der Waals surface area contributed by atoms with E-state index >= 15 is 0 Å². The van der Waals surface area contributed by atoms with Gasteiger partial charge in [-0.15, -0.1) is 0 Å². The van der Waals surface area contributed by atoms with Gasteiger partial charge in [0.25, 0.3) is 5.91 Å². The smallest absolute Gasteiger partial charge is 0.256 e. The minimum absolute atomic E-state index is 0.207. The maximum Gasteiger partial charge on any atom is 0.256 e. The average molecular weight is 311 g/mol. The van der Waals surface area contributed by atoms with Gasteiger partial charge in [-0.3, -0.25) is 4.79 Å². The predicted molar refractivity (Wildman–Crippen MR) is 87.6 cm³/mol. The van der Waals surface area contributed by atoms with E-state index in [-0.39, 0.29) is 11.7 Å². The summed E-state index contributed by atoms with van der Waals surface area (Å²) in [5.41, 5.74) is 1.56. The molecular weight excluding hydrogens is 290 g/mol. The summed E-state index contributed by atoms with van der Waals surface area (Å²) in [6.45, 7) is 1.11. The van der Waals surface area contributed by atoms with Crippen LogP contribution in [0.1, 0.15) is 30.1 Å². The molecule has 1 unspecified atom stereocenters. The lowest BCUT2D eigenvalue weighted by atomic mass is 10.1. The molecule has 1 fully saturated rings. The van der Waals surface area contributed by atoms with Crippen LogP contribution in [-0.4, -0.2) is 27.6 Å². The lowest BCUT2D eigenvalue weighted by Gasteiger charge is -2.25. The van der Waals surface area contributed by atoms with E-state index in [1.54, 1.807) is 41.3 Å². The quantitative estimate of drug-likeness (QED) is 0.862. The topological polar surface area (TPSA) is 60.8 Å². The number of phenols is 1. The maximum atomic E-state index is 12.7. The van der Waals surface area contributed by atoms with Crippen LogP contribution in [0.5, 0.6) is 5.75 Å². The van der Waals surface area contributed by atoms with E-state index in [2.05, 4.69) is 0 Å². The Morgan fingerprint density at radius 3 is 2.35 bits per heavy atom. The van der Waals surface area contributed by atoms with Crippen molar-refractivity contribution in [2.75, 3.05) is 6.54 Å². The Labute approximate surface area is 136 Å². The lowest BCUT2D eigenvalue weighted by Crippen LogP contribution is -2.36. The molecule has 0 heterocycles. The number of hydrogen-bond acceptors (Lipinski definition) is 3. The number of nitrogens with zero attached hydrogens (tertiary/aromatic N) is 1. The molecule has 0 saturated heterocycles. The van der Waals surface area contributed by atoms with Gasteiger partial charge in [0.05, 0.1) is 0 Å². The van der Waals surface area contributed by atoms with Gasteiger partial charge in [-0.05, 0) is 42.0 Å². The fourth-order valence-electron chi connectivity index (χ4n) is 2.62. The second-order valence-corrected chi connectivity index (χ2v) is 6.14. The van der Waals surface area contributed by atoms with E-state index in [1.165, 1.54) is 0 Å². The summed E-state index contributed by atoms with van der Waals surface area (Å²) in [7, 11) is 0. The molecule has 1 aliphatic carbocycles. The number of carbonyl (C=O) groups is 1. The van der Waals surface area contributed by atoms with E-state index in [0.29, 0.717) is 24.6 Å². The molecule has 0 aromatic heterocycles. The molecule has 2 N–H and O–H groups in total. The molecule has 0 aliphatic heterocycles. The zero-order valence-corrected chi connectivity index (χ0v) is 12.9. The Morgan fingerprint density at radius 1 is 1.09 bits per heavy atom. The van der Waals surface area contributed by atoms with Crippen LogP contribution >= 0.6 is 0 Å². The first kappa shape index (κ1) is 15.6. The standard InChI is InChI=1S/C19H21NO3/c21-17-10-8-15(9-11-17)13-20(12-14-6-7-14)19(23)18(22)16-4-2-1-3-5-16/h1-5,8-11,14,18,21-22H,6-7,12-13H2. The van der Waals surface area contributed by atoms with Crippen LogP contribution in [0.15, 0.2) is 54.6 Å². The summed E-state index contributed by atoms with van der Waals surface area (Å²) in [5, 5.41) is 19.8. The van der Waals surface area contributed by atoms with Gasteiger partial charge in [-0.25, -0.2) is 0 Å². The molecule has 1 aliphatic rings. The molecular formula is C19H21NO3. The van der Waals surface area contributed by atoms with Gasteiger partial charge < -0.3 is 15.1 Å². The zero-order chi connectivity index (χ0) is 16.2. The Balaban J connectivity index is 1.74. The molecule has 2 aromatic carbocycles. The number of hydrogen-bond donors (Lipinski definition) is 2. The second kappa shape index (κ2) is 6.84. The highest BCUT2D eigenvalue weighted by molar-refractivity contribution is 5.82. The second-order valence-electron chi connectivity index (χ2n) is 6.14. The number of rotatable bonds is 6.